The average Bonchev–Trinajstić information content (AvgIpc) is 2.16. The normalized spacial score (nSPS) is 15.7. The number of aromatic nitrogens is 2. The van der Waals surface area contributed by atoms with Crippen molar-refractivity contribution in [1.29, 1.82) is 0 Å². The van der Waals surface area contributed by atoms with Gasteiger partial charge in [0.05, 0.1) is 5.69 Å². The van der Waals surface area contributed by atoms with Crippen molar-refractivity contribution in [2.24, 2.45) is 0 Å². The summed E-state index contributed by atoms with van der Waals surface area (Å²) < 4.78 is 0.909. The molecule has 1 aromatic rings. The molecule has 3 heteroatoms. The Kier molecular flexibility index (Phi) is 3.04. The molecule has 0 spiro atoms. The van der Waals surface area contributed by atoms with Crippen molar-refractivity contribution in [3.05, 3.63) is 20.8 Å². The van der Waals surface area contributed by atoms with Crippen molar-refractivity contribution in [1.82, 2.24) is 9.97 Å². The summed E-state index contributed by atoms with van der Waals surface area (Å²) in [4.78, 5) is 9.09. The van der Waals surface area contributed by atoms with Crippen LogP contribution in [0.3, 0.4) is 0 Å². The van der Waals surface area contributed by atoms with Gasteiger partial charge in [-0.2, -0.15) is 0 Å². The highest BCUT2D eigenvalue weighted by atomic mass is 127. The lowest BCUT2D eigenvalue weighted by molar-refractivity contribution is 0.635. The zero-order chi connectivity index (χ0) is 10.1. The highest BCUT2D eigenvalue weighted by Gasteiger charge is 2.18. The third kappa shape index (κ3) is 1.92. The lowest BCUT2D eigenvalue weighted by atomic mass is 9.91. The maximum absolute atomic E-state index is 4.56. The van der Waals surface area contributed by atoms with E-state index in [4.69, 9.17) is 0 Å². The van der Waals surface area contributed by atoms with Gasteiger partial charge in [0, 0.05) is 28.3 Å². The van der Waals surface area contributed by atoms with Gasteiger partial charge in [0.1, 0.15) is 0 Å². The van der Waals surface area contributed by atoms with Crippen LogP contribution in [0.25, 0.3) is 0 Å². The molecular formula is C11H15IN2. The van der Waals surface area contributed by atoms with Crippen molar-refractivity contribution in [3.63, 3.8) is 0 Å². The maximum Gasteiger partial charge on any atom is 0.191 e. The van der Waals surface area contributed by atoms with E-state index in [9.17, 15) is 0 Å². The lowest BCUT2D eigenvalue weighted by Gasteiger charge is -2.19. The monoisotopic (exact) mass is 302 g/mol. The third-order valence-electron chi connectivity index (χ3n) is 2.73. The van der Waals surface area contributed by atoms with Crippen molar-refractivity contribution in [2.45, 2.75) is 45.4 Å². The van der Waals surface area contributed by atoms with Crippen molar-refractivity contribution >= 4 is 22.6 Å². The number of nitrogens with zero attached hydrogens (tertiary/aromatic N) is 2. The van der Waals surface area contributed by atoms with E-state index in [0.717, 1.165) is 10.3 Å². The second-order valence-corrected chi connectivity index (χ2v) is 5.13. The highest BCUT2D eigenvalue weighted by molar-refractivity contribution is 14.1. The molecule has 2 nitrogen and oxygen atoms in total. The van der Waals surface area contributed by atoms with E-state index < -0.39 is 0 Å². The van der Waals surface area contributed by atoms with Crippen molar-refractivity contribution in [3.8, 4) is 0 Å². The van der Waals surface area contributed by atoms with Crippen molar-refractivity contribution < 1.29 is 0 Å². The van der Waals surface area contributed by atoms with Crippen LogP contribution in [0.2, 0.25) is 0 Å². The van der Waals surface area contributed by atoms with Gasteiger partial charge in [-0.05, 0) is 37.2 Å². The molecule has 0 saturated heterocycles. The summed E-state index contributed by atoms with van der Waals surface area (Å²) in [5, 5.41) is 0. The summed E-state index contributed by atoms with van der Waals surface area (Å²) in [5.41, 5.74) is 4.02. The van der Waals surface area contributed by atoms with Gasteiger partial charge in [0.25, 0.3) is 0 Å². The minimum atomic E-state index is 0.526. The summed E-state index contributed by atoms with van der Waals surface area (Å²) in [6, 6.07) is 0. The molecule has 1 aromatic heterocycles. The van der Waals surface area contributed by atoms with Gasteiger partial charge in [0.2, 0.25) is 0 Å². The number of rotatable bonds is 1. The van der Waals surface area contributed by atoms with Gasteiger partial charge >= 0.3 is 0 Å². The zero-order valence-electron chi connectivity index (χ0n) is 8.68. The predicted octanol–water partition coefficient (Wildman–Crippen LogP) is 3.08. The van der Waals surface area contributed by atoms with Crippen LogP contribution in [-0.2, 0) is 12.8 Å². The fraction of sp³-hybridized carbons (Fsp3) is 0.636. The molecule has 0 bridgehead atoms. The topological polar surface area (TPSA) is 25.8 Å². The van der Waals surface area contributed by atoms with Gasteiger partial charge in [-0.3, -0.25) is 0 Å². The number of hydrogen-bond acceptors (Lipinski definition) is 2. The largest absolute Gasteiger partial charge is 0.228 e. The second kappa shape index (κ2) is 4.13. The number of halogens is 1. The van der Waals surface area contributed by atoms with E-state index in [0.29, 0.717) is 5.92 Å². The van der Waals surface area contributed by atoms with Crippen LogP contribution in [0.4, 0.5) is 0 Å². The molecule has 0 aromatic carbocycles. The standard InChI is InChI=1S/C11H15IN2/c1-7(2)10-8-5-3-4-6-9(8)13-11(12)14-10/h7H,3-6H2,1-2H3. The summed E-state index contributed by atoms with van der Waals surface area (Å²) >= 11 is 2.22. The fourth-order valence-corrected chi connectivity index (χ4v) is 2.62. The molecule has 0 fully saturated rings. The van der Waals surface area contributed by atoms with Gasteiger partial charge in [-0.15, -0.1) is 0 Å². The molecular weight excluding hydrogens is 287 g/mol. The van der Waals surface area contributed by atoms with Gasteiger partial charge in [0.15, 0.2) is 3.83 Å². The Hall–Kier alpha value is -0.190. The molecule has 1 aliphatic carbocycles. The molecule has 76 valence electrons. The molecule has 1 aliphatic rings. The van der Waals surface area contributed by atoms with Crippen molar-refractivity contribution in [2.75, 3.05) is 0 Å². The first-order valence-electron chi connectivity index (χ1n) is 5.23. The SMILES string of the molecule is CC(C)c1nc(I)nc2c1CCCC2. The third-order valence-corrected chi connectivity index (χ3v) is 3.22. The fourth-order valence-electron chi connectivity index (χ4n) is 2.07. The zero-order valence-corrected chi connectivity index (χ0v) is 10.8. The first-order valence-corrected chi connectivity index (χ1v) is 6.31. The van der Waals surface area contributed by atoms with E-state index in [1.807, 2.05) is 0 Å². The maximum atomic E-state index is 4.56. The van der Waals surface area contributed by atoms with Gasteiger partial charge in [-0.1, -0.05) is 13.8 Å². The molecule has 0 radical (unpaired) electrons. The Labute approximate surface area is 98.7 Å². The molecule has 1 heterocycles. The van der Waals surface area contributed by atoms with Gasteiger partial charge < -0.3 is 0 Å². The summed E-state index contributed by atoms with van der Waals surface area (Å²) in [6.45, 7) is 4.43. The second-order valence-electron chi connectivity index (χ2n) is 4.16. The number of aryl methyl sites for hydroxylation is 1. The lowest BCUT2D eigenvalue weighted by Crippen LogP contribution is -2.13. The van der Waals surface area contributed by atoms with E-state index in [1.54, 1.807) is 0 Å². The molecule has 0 amide bonds. The first-order chi connectivity index (χ1) is 6.68. The molecule has 14 heavy (non-hydrogen) atoms. The van der Waals surface area contributed by atoms with Gasteiger partial charge in [-0.25, -0.2) is 9.97 Å². The Morgan fingerprint density at radius 3 is 2.57 bits per heavy atom. The minimum Gasteiger partial charge on any atom is -0.228 e. The average molecular weight is 302 g/mol. The summed E-state index contributed by atoms with van der Waals surface area (Å²) in [7, 11) is 0. The minimum absolute atomic E-state index is 0.526. The Morgan fingerprint density at radius 2 is 1.86 bits per heavy atom. The molecule has 2 rings (SSSR count). The number of hydrogen-bond donors (Lipinski definition) is 0. The molecule has 0 atom stereocenters. The van der Waals surface area contributed by atoms with Crippen LogP contribution < -0.4 is 0 Å². The van der Waals surface area contributed by atoms with Crippen LogP contribution in [0, 0.1) is 3.83 Å². The predicted molar refractivity (Wildman–Crippen MR) is 65.5 cm³/mol. The quantitative estimate of drug-likeness (QED) is 0.588. The smallest absolute Gasteiger partial charge is 0.191 e. The summed E-state index contributed by atoms with van der Waals surface area (Å²) in [5.74, 6) is 0.526. The molecule has 0 saturated carbocycles. The van der Waals surface area contributed by atoms with Crippen LogP contribution in [0.5, 0.6) is 0 Å². The van der Waals surface area contributed by atoms with Crippen LogP contribution in [-0.4, -0.2) is 9.97 Å². The van der Waals surface area contributed by atoms with Crippen LogP contribution in [0.1, 0.15) is 49.6 Å². The van der Waals surface area contributed by atoms with E-state index in [-0.39, 0.29) is 0 Å². The van der Waals surface area contributed by atoms with E-state index >= 15 is 0 Å². The summed E-state index contributed by atoms with van der Waals surface area (Å²) in [6.07, 6.45) is 4.92. The van der Waals surface area contributed by atoms with E-state index in [2.05, 4.69) is 46.4 Å². The van der Waals surface area contributed by atoms with Crippen LogP contribution >= 0.6 is 22.6 Å². The number of fused-ring (bicyclic) bond motifs is 1. The highest BCUT2D eigenvalue weighted by Crippen LogP contribution is 2.26. The Bertz CT molecular complexity index is 347. The molecule has 0 N–H and O–H groups in total. The molecule has 0 aliphatic heterocycles. The van der Waals surface area contributed by atoms with Crippen LogP contribution in [0.15, 0.2) is 0 Å². The van der Waals surface area contributed by atoms with E-state index in [1.165, 1.54) is 36.2 Å². The first kappa shape index (κ1) is 10.3. The Morgan fingerprint density at radius 1 is 1.14 bits per heavy atom. The molecule has 0 unspecified atom stereocenters. The Balaban J connectivity index is 2.52.